The number of aromatic nitrogens is 2. The van der Waals surface area contributed by atoms with Gasteiger partial charge in [0.15, 0.2) is 17.3 Å². The second kappa shape index (κ2) is 5.01. The van der Waals surface area contributed by atoms with E-state index in [1.165, 1.54) is 5.56 Å². The van der Waals surface area contributed by atoms with E-state index in [9.17, 15) is 0 Å². The molecule has 8 heteroatoms. The Morgan fingerprint density at radius 3 is 3.05 bits per heavy atom. The van der Waals surface area contributed by atoms with Gasteiger partial charge in [0.25, 0.3) is 0 Å². The van der Waals surface area contributed by atoms with Crippen LogP contribution in [0.15, 0.2) is 28.0 Å². The Labute approximate surface area is 119 Å². The van der Waals surface area contributed by atoms with Gasteiger partial charge < -0.3 is 16.3 Å². The van der Waals surface area contributed by atoms with Gasteiger partial charge in [-0.25, -0.2) is 4.63 Å². The third-order valence-electron chi connectivity index (χ3n) is 3.33. The Morgan fingerprint density at radius 1 is 1.50 bits per heavy atom. The van der Waals surface area contributed by atoms with Crippen molar-refractivity contribution in [2.24, 2.45) is 5.16 Å². The third-order valence-corrected chi connectivity index (χ3v) is 3.57. The largest absolute Gasteiger partial charge is 0.409 e. The minimum absolute atomic E-state index is 0.00395. The predicted octanol–water partition coefficient (Wildman–Crippen LogP) is 1.72. The molecule has 0 radical (unpaired) electrons. The van der Waals surface area contributed by atoms with Crippen molar-refractivity contribution in [3.63, 3.8) is 0 Å². The van der Waals surface area contributed by atoms with Crippen molar-refractivity contribution in [3.8, 4) is 0 Å². The van der Waals surface area contributed by atoms with Crippen molar-refractivity contribution < 1.29 is 9.84 Å². The number of hydrogen-bond donors (Lipinski definition) is 3. The smallest absolute Gasteiger partial charge is 0.199 e. The normalized spacial score (nSPS) is 18.1. The van der Waals surface area contributed by atoms with Crippen LogP contribution in [0.1, 0.15) is 29.3 Å². The van der Waals surface area contributed by atoms with Crippen LogP contribution >= 0.6 is 11.6 Å². The van der Waals surface area contributed by atoms with Crippen molar-refractivity contribution in [2.45, 2.75) is 18.9 Å². The maximum absolute atomic E-state index is 9.11. The molecule has 1 unspecified atom stereocenters. The fourth-order valence-electron chi connectivity index (χ4n) is 2.41. The number of nitrogens with zero attached hydrogens (tertiary/aromatic N) is 3. The maximum atomic E-state index is 9.11. The Bertz CT molecular complexity index is 670. The lowest BCUT2D eigenvalue weighted by molar-refractivity contribution is 0.303. The van der Waals surface area contributed by atoms with Crippen LogP contribution in [-0.4, -0.2) is 21.4 Å². The highest BCUT2D eigenvalue weighted by atomic mass is 35.5. The first-order valence-electron chi connectivity index (χ1n) is 6.04. The summed E-state index contributed by atoms with van der Waals surface area (Å²) in [5, 5.41) is 23.2. The first-order chi connectivity index (χ1) is 9.69. The molecule has 0 fully saturated rings. The summed E-state index contributed by atoms with van der Waals surface area (Å²) in [6.45, 7) is 0. The van der Waals surface area contributed by atoms with Gasteiger partial charge in [-0.2, -0.15) is 0 Å². The lowest BCUT2D eigenvalue weighted by Gasteiger charge is -2.15. The first-order valence-corrected chi connectivity index (χ1v) is 6.42. The van der Waals surface area contributed by atoms with Crippen LogP contribution in [0.4, 0.5) is 5.82 Å². The molecule has 1 heterocycles. The molecule has 0 aliphatic heterocycles. The summed E-state index contributed by atoms with van der Waals surface area (Å²) in [5.74, 6) is 0.205. The number of nitrogens with two attached hydrogens (primary N) is 1. The zero-order chi connectivity index (χ0) is 14.1. The summed E-state index contributed by atoms with van der Waals surface area (Å²) in [5.41, 5.74) is 8.07. The number of halogens is 1. The quantitative estimate of drug-likeness (QED) is 0.336. The number of rotatable bonds is 2. The van der Waals surface area contributed by atoms with Crippen LogP contribution in [-0.2, 0) is 6.42 Å². The molecule has 1 aromatic heterocycles. The summed E-state index contributed by atoms with van der Waals surface area (Å²) in [4.78, 5) is 0. The number of aryl methyl sites for hydroxylation is 1. The fourth-order valence-corrected chi connectivity index (χ4v) is 2.60. The van der Waals surface area contributed by atoms with E-state index in [1.807, 2.05) is 18.2 Å². The van der Waals surface area contributed by atoms with Crippen LogP contribution in [0.25, 0.3) is 0 Å². The zero-order valence-electron chi connectivity index (χ0n) is 10.4. The number of amidine groups is 1. The van der Waals surface area contributed by atoms with E-state index < -0.39 is 0 Å². The molecule has 104 valence electrons. The zero-order valence-corrected chi connectivity index (χ0v) is 11.1. The molecule has 0 amide bonds. The molecular formula is C12H12ClN5O2. The Morgan fingerprint density at radius 2 is 2.35 bits per heavy atom. The van der Waals surface area contributed by atoms with E-state index in [0.29, 0.717) is 5.02 Å². The second-order valence-corrected chi connectivity index (χ2v) is 4.96. The fraction of sp³-hybridized carbons (Fsp3) is 0.250. The van der Waals surface area contributed by atoms with E-state index in [-0.39, 0.29) is 23.4 Å². The molecule has 20 heavy (non-hydrogen) atoms. The van der Waals surface area contributed by atoms with Gasteiger partial charge in [-0.3, -0.25) is 0 Å². The SMILES string of the molecule is Nc1nonc1/C(=N\O)NC1CCc2cc(Cl)ccc21. The van der Waals surface area contributed by atoms with E-state index in [1.54, 1.807) is 0 Å². The third kappa shape index (κ3) is 2.16. The number of nitrogens with one attached hydrogen (secondary N) is 1. The number of fused-ring (bicyclic) bond motifs is 1. The molecule has 1 atom stereocenters. The van der Waals surface area contributed by atoms with Crippen molar-refractivity contribution >= 4 is 23.3 Å². The highest BCUT2D eigenvalue weighted by molar-refractivity contribution is 6.30. The highest BCUT2D eigenvalue weighted by Gasteiger charge is 2.26. The number of anilines is 1. The number of oxime groups is 1. The number of benzene rings is 1. The van der Waals surface area contributed by atoms with Gasteiger partial charge in [0.05, 0.1) is 6.04 Å². The lowest BCUT2D eigenvalue weighted by atomic mass is 10.1. The standard InChI is InChI=1S/C12H12ClN5O2/c13-7-2-3-8-6(5-7)1-4-9(8)15-12(16-19)10-11(14)18-20-17-10/h2-3,5,9,19H,1,4H2,(H2,14,18)(H,15,16). The summed E-state index contributed by atoms with van der Waals surface area (Å²) in [7, 11) is 0. The predicted molar refractivity (Wildman–Crippen MR) is 72.7 cm³/mol. The second-order valence-electron chi connectivity index (χ2n) is 4.53. The first kappa shape index (κ1) is 12.7. The molecule has 1 aliphatic carbocycles. The average molecular weight is 294 g/mol. The van der Waals surface area contributed by atoms with Crippen LogP contribution in [0.3, 0.4) is 0 Å². The number of nitrogen functional groups attached to an aromatic ring is 1. The Balaban J connectivity index is 1.85. The van der Waals surface area contributed by atoms with E-state index in [2.05, 4.69) is 25.4 Å². The van der Waals surface area contributed by atoms with Crippen molar-refractivity contribution in [2.75, 3.05) is 5.73 Å². The summed E-state index contributed by atoms with van der Waals surface area (Å²) >= 11 is 5.97. The molecule has 3 rings (SSSR count). The monoisotopic (exact) mass is 293 g/mol. The topological polar surface area (TPSA) is 110 Å². The summed E-state index contributed by atoms with van der Waals surface area (Å²) in [6, 6.07) is 5.74. The number of hydrogen-bond acceptors (Lipinski definition) is 6. The van der Waals surface area contributed by atoms with Gasteiger partial charge in [-0.15, -0.1) is 0 Å². The Hall–Kier alpha value is -2.28. The van der Waals surface area contributed by atoms with E-state index in [0.717, 1.165) is 18.4 Å². The molecule has 0 spiro atoms. The molecular weight excluding hydrogens is 282 g/mol. The van der Waals surface area contributed by atoms with Crippen molar-refractivity contribution in [3.05, 3.63) is 40.0 Å². The molecule has 0 saturated heterocycles. The van der Waals surface area contributed by atoms with E-state index >= 15 is 0 Å². The Kier molecular flexibility index (Phi) is 3.19. The minimum atomic E-state index is 0.00395. The van der Waals surface area contributed by atoms with Crippen molar-refractivity contribution in [1.82, 2.24) is 15.6 Å². The molecule has 2 aromatic rings. The van der Waals surface area contributed by atoms with Crippen LogP contribution in [0, 0.1) is 0 Å². The summed E-state index contributed by atoms with van der Waals surface area (Å²) in [6.07, 6.45) is 1.76. The van der Waals surface area contributed by atoms with Gasteiger partial charge in [0, 0.05) is 5.02 Å². The highest BCUT2D eigenvalue weighted by Crippen LogP contribution is 2.33. The molecule has 1 aliphatic rings. The average Bonchev–Trinajstić information content (AvgIpc) is 3.02. The maximum Gasteiger partial charge on any atom is 0.199 e. The van der Waals surface area contributed by atoms with E-state index in [4.69, 9.17) is 22.5 Å². The van der Waals surface area contributed by atoms with Crippen molar-refractivity contribution in [1.29, 1.82) is 0 Å². The van der Waals surface area contributed by atoms with Crippen LogP contribution in [0.5, 0.6) is 0 Å². The molecule has 1 aromatic carbocycles. The van der Waals surface area contributed by atoms with Gasteiger partial charge >= 0.3 is 0 Å². The summed E-state index contributed by atoms with van der Waals surface area (Å²) < 4.78 is 4.50. The van der Waals surface area contributed by atoms with Gasteiger partial charge in [0.2, 0.25) is 0 Å². The minimum Gasteiger partial charge on any atom is -0.409 e. The van der Waals surface area contributed by atoms with Crippen LogP contribution < -0.4 is 11.1 Å². The van der Waals surface area contributed by atoms with Gasteiger partial charge in [-0.1, -0.05) is 22.8 Å². The van der Waals surface area contributed by atoms with Gasteiger partial charge in [0.1, 0.15) is 0 Å². The molecule has 0 saturated carbocycles. The molecule has 0 bridgehead atoms. The van der Waals surface area contributed by atoms with Gasteiger partial charge in [-0.05, 0) is 46.4 Å². The molecule has 7 nitrogen and oxygen atoms in total. The van der Waals surface area contributed by atoms with Crippen LogP contribution in [0.2, 0.25) is 5.02 Å². The lowest BCUT2D eigenvalue weighted by Crippen LogP contribution is -2.29. The molecule has 4 N–H and O–H groups in total.